The highest BCUT2D eigenvalue weighted by Gasteiger charge is 2.05. The van der Waals surface area contributed by atoms with Crippen molar-refractivity contribution in [2.75, 3.05) is 0 Å². The SMILES string of the molecule is Cc1c(S)sc(S)c(C)c1=O. The molecule has 0 saturated heterocycles. The van der Waals surface area contributed by atoms with E-state index in [1.54, 1.807) is 13.8 Å². The fourth-order valence-electron chi connectivity index (χ4n) is 0.720. The van der Waals surface area contributed by atoms with Crippen molar-refractivity contribution < 1.29 is 0 Å². The van der Waals surface area contributed by atoms with Crippen molar-refractivity contribution in [1.82, 2.24) is 0 Å². The van der Waals surface area contributed by atoms with Gasteiger partial charge in [0.15, 0.2) is 5.43 Å². The van der Waals surface area contributed by atoms with Gasteiger partial charge in [0.1, 0.15) is 0 Å². The van der Waals surface area contributed by atoms with E-state index in [-0.39, 0.29) is 5.43 Å². The van der Waals surface area contributed by atoms with Crippen LogP contribution in [0.1, 0.15) is 11.1 Å². The van der Waals surface area contributed by atoms with E-state index >= 15 is 0 Å². The predicted octanol–water partition coefficient (Wildman–Crippen LogP) is 2.30. The smallest absolute Gasteiger partial charge is 0.188 e. The van der Waals surface area contributed by atoms with E-state index in [9.17, 15) is 4.79 Å². The molecule has 0 atom stereocenters. The summed E-state index contributed by atoms with van der Waals surface area (Å²) in [6.45, 7) is 3.56. The second-order valence-electron chi connectivity index (χ2n) is 2.29. The van der Waals surface area contributed by atoms with Gasteiger partial charge in [-0.05, 0) is 13.8 Å². The summed E-state index contributed by atoms with van der Waals surface area (Å²) in [6.07, 6.45) is 0. The molecule has 1 nitrogen and oxygen atoms in total. The second kappa shape index (κ2) is 3.21. The topological polar surface area (TPSA) is 17.1 Å². The Kier molecular flexibility index (Phi) is 2.67. The van der Waals surface area contributed by atoms with Crippen LogP contribution >= 0.6 is 36.6 Å². The molecule has 11 heavy (non-hydrogen) atoms. The van der Waals surface area contributed by atoms with Gasteiger partial charge < -0.3 is 0 Å². The molecule has 0 saturated carbocycles. The van der Waals surface area contributed by atoms with Gasteiger partial charge in [0.05, 0.1) is 8.42 Å². The maximum atomic E-state index is 11.3. The number of rotatable bonds is 0. The Labute approximate surface area is 80.3 Å². The van der Waals surface area contributed by atoms with Gasteiger partial charge >= 0.3 is 0 Å². The summed E-state index contributed by atoms with van der Waals surface area (Å²) in [5.41, 5.74) is 1.49. The molecule has 1 heterocycles. The Morgan fingerprint density at radius 2 is 1.45 bits per heavy atom. The van der Waals surface area contributed by atoms with Crippen LogP contribution in [0.2, 0.25) is 0 Å². The van der Waals surface area contributed by atoms with E-state index in [0.717, 1.165) is 8.42 Å². The van der Waals surface area contributed by atoms with Gasteiger partial charge in [0.2, 0.25) is 0 Å². The molecule has 0 aliphatic carbocycles. The van der Waals surface area contributed by atoms with Crippen LogP contribution in [0.25, 0.3) is 0 Å². The van der Waals surface area contributed by atoms with Crippen LogP contribution in [0, 0.1) is 13.8 Å². The zero-order valence-electron chi connectivity index (χ0n) is 6.21. The van der Waals surface area contributed by atoms with Crippen LogP contribution in [-0.2, 0) is 0 Å². The van der Waals surface area contributed by atoms with Gasteiger partial charge in [-0.3, -0.25) is 4.79 Å². The van der Waals surface area contributed by atoms with Crippen LogP contribution < -0.4 is 5.43 Å². The van der Waals surface area contributed by atoms with Gasteiger partial charge in [-0.1, -0.05) is 0 Å². The summed E-state index contributed by atoms with van der Waals surface area (Å²) < 4.78 is 1.51. The lowest BCUT2D eigenvalue weighted by Crippen LogP contribution is -2.08. The fraction of sp³-hybridized carbons (Fsp3) is 0.286. The zero-order chi connectivity index (χ0) is 8.59. The maximum absolute atomic E-state index is 11.3. The van der Waals surface area contributed by atoms with Crippen LogP contribution in [0.15, 0.2) is 13.2 Å². The van der Waals surface area contributed by atoms with Crippen molar-refractivity contribution in [2.24, 2.45) is 0 Å². The molecule has 0 aromatic carbocycles. The molecule has 0 unspecified atom stereocenters. The molecule has 0 aliphatic heterocycles. The molecule has 0 aliphatic rings. The third kappa shape index (κ3) is 1.63. The largest absolute Gasteiger partial charge is 0.289 e. The highest BCUT2D eigenvalue weighted by molar-refractivity contribution is 7.85. The second-order valence-corrected chi connectivity index (χ2v) is 4.81. The standard InChI is InChI=1S/C7H8OS3/c1-3-5(8)4(2)7(10)11-6(3)9/h9-10H,1-2H3. The monoisotopic (exact) mass is 204 g/mol. The molecular weight excluding hydrogens is 196 g/mol. The van der Waals surface area contributed by atoms with Crippen molar-refractivity contribution in [2.45, 2.75) is 22.3 Å². The molecule has 1 aromatic rings. The third-order valence-corrected chi connectivity index (χ3v) is 3.73. The van der Waals surface area contributed by atoms with E-state index in [0.29, 0.717) is 11.1 Å². The van der Waals surface area contributed by atoms with Crippen molar-refractivity contribution in [3.8, 4) is 0 Å². The molecule has 60 valence electrons. The Morgan fingerprint density at radius 1 is 1.09 bits per heavy atom. The minimum absolute atomic E-state index is 0.0544. The lowest BCUT2D eigenvalue weighted by molar-refractivity contribution is 1.24. The normalized spacial score (nSPS) is 10.2. The molecule has 4 heteroatoms. The maximum Gasteiger partial charge on any atom is 0.188 e. The number of thiol groups is 2. The Balaban J connectivity index is 3.59. The Bertz CT molecular complexity index is 311. The van der Waals surface area contributed by atoms with Crippen molar-refractivity contribution >= 4 is 36.6 Å². The summed E-state index contributed by atoms with van der Waals surface area (Å²) in [6, 6.07) is 0. The molecule has 0 fully saturated rings. The fourth-order valence-corrected chi connectivity index (χ4v) is 2.36. The average molecular weight is 204 g/mol. The first-order chi connectivity index (χ1) is 5.04. The molecule has 1 aromatic heterocycles. The highest BCUT2D eigenvalue weighted by Crippen LogP contribution is 2.24. The minimum atomic E-state index is 0.0544. The minimum Gasteiger partial charge on any atom is -0.289 e. The first-order valence-corrected chi connectivity index (χ1v) is 4.77. The summed E-state index contributed by atoms with van der Waals surface area (Å²) >= 11 is 9.74. The van der Waals surface area contributed by atoms with Gasteiger partial charge in [0.25, 0.3) is 0 Å². The van der Waals surface area contributed by atoms with E-state index in [1.165, 1.54) is 11.3 Å². The van der Waals surface area contributed by atoms with Gasteiger partial charge in [-0.15, -0.1) is 36.6 Å². The van der Waals surface area contributed by atoms with Crippen molar-refractivity contribution in [1.29, 1.82) is 0 Å². The molecule has 0 N–H and O–H groups in total. The van der Waals surface area contributed by atoms with Gasteiger partial charge in [-0.25, -0.2) is 0 Å². The lowest BCUT2D eigenvalue weighted by Gasteiger charge is -2.00. The quantitative estimate of drug-likeness (QED) is 0.620. The van der Waals surface area contributed by atoms with Crippen LogP contribution in [0.3, 0.4) is 0 Å². The van der Waals surface area contributed by atoms with E-state index in [4.69, 9.17) is 0 Å². The summed E-state index contributed by atoms with van der Waals surface area (Å²) in [5, 5.41) is 0. The number of hydrogen-bond donors (Lipinski definition) is 2. The van der Waals surface area contributed by atoms with Crippen LogP contribution in [0.4, 0.5) is 0 Å². The molecule has 0 spiro atoms. The highest BCUT2D eigenvalue weighted by atomic mass is 32.2. The predicted molar refractivity (Wildman–Crippen MR) is 54.6 cm³/mol. The van der Waals surface area contributed by atoms with Gasteiger partial charge in [0, 0.05) is 11.1 Å². The zero-order valence-corrected chi connectivity index (χ0v) is 8.82. The van der Waals surface area contributed by atoms with Crippen LogP contribution in [0.5, 0.6) is 0 Å². The molecular formula is C7H8OS3. The van der Waals surface area contributed by atoms with E-state index < -0.39 is 0 Å². The molecule has 0 radical (unpaired) electrons. The molecule has 1 rings (SSSR count). The lowest BCUT2D eigenvalue weighted by atomic mass is 10.2. The Morgan fingerprint density at radius 3 is 1.82 bits per heavy atom. The first kappa shape index (κ1) is 9.16. The van der Waals surface area contributed by atoms with Crippen molar-refractivity contribution in [3.63, 3.8) is 0 Å². The first-order valence-electron chi connectivity index (χ1n) is 3.06. The van der Waals surface area contributed by atoms with Gasteiger partial charge in [-0.2, -0.15) is 0 Å². The molecule has 0 amide bonds. The average Bonchev–Trinajstić information content (AvgIpc) is 1.97. The summed E-state index contributed by atoms with van der Waals surface area (Å²) in [7, 11) is 0. The van der Waals surface area contributed by atoms with Crippen molar-refractivity contribution in [3.05, 3.63) is 21.4 Å². The number of hydrogen-bond acceptors (Lipinski definition) is 4. The van der Waals surface area contributed by atoms with E-state index in [1.807, 2.05) is 0 Å². The summed E-state index contributed by atoms with van der Waals surface area (Å²) in [4.78, 5) is 11.3. The third-order valence-electron chi connectivity index (χ3n) is 1.52. The Hall–Kier alpha value is 0.0700. The summed E-state index contributed by atoms with van der Waals surface area (Å²) in [5.74, 6) is 0. The van der Waals surface area contributed by atoms with E-state index in [2.05, 4.69) is 25.3 Å². The van der Waals surface area contributed by atoms with Crippen LogP contribution in [-0.4, -0.2) is 0 Å². The molecule has 0 bridgehead atoms.